The van der Waals surface area contributed by atoms with Crippen LogP contribution in [-0.4, -0.2) is 32.6 Å². The molecule has 2 fully saturated rings. The van der Waals surface area contributed by atoms with Gasteiger partial charge in [-0.1, -0.05) is 49.6 Å². The number of aliphatic hydroxyl groups is 1. The summed E-state index contributed by atoms with van der Waals surface area (Å²) in [4.78, 5) is 6.77. The third-order valence-electron chi connectivity index (χ3n) is 5.74. The molecule has 4 rings (SSSR count). The van der Waals surface area contributed by atoms with Crippen molar-refractivity contribution in [2.45, 2.75) is 56.7 Å². The van der Waals surface area contributed by atoms with E-state index in [1.54, 1.807) is 0 Å². The lowest BCUT2D eigenvalue weighted by Crippen LogP contribution is -2.31. The molecule has 0 unspecified atom stereocenters. The molecule has 0 bridgehead atoms. The van der Waals surface area contributed by atoms with Crippen LogP contribution < -0.4 is 0 Å². The Labute approximate surface area is 144 Å². The highest BCUT2D eigenvalue weighted by atomic mass is 16.3. The molecule has 4 heteroatoms. The van der Waals surface area contributed by atoms with E-state index in [0.29, 0.717) is 12.6 Å². The first-order chi connectivity index (χ1) is 11.7. The number of imidazole rings is 1. The van der Waals surface area contributed by atoms with Gasteiger partial charge in [0.05, 0.1) is 12.0 Å². The molecule has 1 aliphatic heterocycles. The van der Waals surface area contributed by atoms with E-state index in [0.717, 1.165) is 25.1 Å². The molecule has 1 N–H and O–H groups in total. The standard InChI is InChI=1S/C20H27N3O/c24-20(17-7-3-1-4-8-17)11-12-22(15-20)14-19-13-21-16-23(19)18-9-5-2-6-10-18/h1,3-4,7-8,13,16,18,24H,2,5-6,9-12,14-15H2/t20-/m1/s1. The quantitative estimate of drug-likeness (QED) is 0.935. The van der Waals surface area contributed by atoms with Gasteiger partial charge in [0, 0.05) is 31.9 Å². The Morgan fingerprint density at radius 1 is 1.12 bits per heavy atom. The van der Waals surface area contributed by atoms with Gasteiger partial charge >= 0.3 is 0 Å². The summed E-state index contributed by atoms with van der Waals surface area (Å²) in [5, 5.41) is 11.0. The molecule has 0 spiro atoms. The van der Waals surface area contributed by atoms with Crippen molar-refractivity contribution in [3.05, 3.63) is 54.1 Å². The first-order valence-electron chi connectivity index (χ1n) is 9.26. The smallest absolute Gasteiger partial charge is 0.103 e. The normalized spacial score (nSPS) is 26.0. The lowest BCUT2D eigenvalue weighted by atomic mass is 9.93. The Morgan fingerprint density at radius 2 is 1.92 bits per heavy atom. The minimum atomic E-state index is -0.711. The number of hydrogen-bond acceptors (Lipinski definition) is 3. The molecule has 4 nitrogen and oxygen atoms in total. The van der Waals surface area contributed by atoms with Crippen LogP contribution in [0.1, 0.15) is 55.8 Å². The zero-order valence-corrected chi connectivity index (χ0v) is 14.3. The lowest BCUT2D eigenvalue weighted by Gasteiger charge is -2.27. The molecule has 1 aliphatic carbocycles. The van der Waals surface area contributed by atoms with Gasteiger partial charge in [0.2, 0.25) is 0 Å². The molecule has 0 radical (unpaired) electrons. The fourth-order valence-electron chi connectivity index (χ4n) is 4.36. The summed E-state index contributed by atoms with van der Waals surface area (Å²) in [6, 6.07) is 10.7. The molecule has 2 aromatic rings. The number of rotatable bonds is 4. The second-order valence-corrected chi connectivity index (χ2v) is 7.44. The summed E-state index contributed by atoms with van der Waals surface area (Å²) >= 11 is 0. The summed E-state index contributed by atoms with van der Waals surface area (Å²) in [5.41, 5.74) is 1.62. The molecule has 128 valence electrons. The first-order valence-corrected chi connectivity index (χ1v) is 9.26. The zero-order valence-electron chi connectivity index (χ0n) is 14.3. The Hall–Kier alpha value is -1.65. The molecule has 2 aliphatic rings. The maximum atomic E-state index is 11.0. The third-order valence-corrected chi connectivity index (χ3v) is 5.74. The largest absolute Gasteiger partial charge is 0.384 e. The third kappa shape index (κ3) is 3.13. The highest BCUT2D eigenvalue weighted by molar-refractivity contribution is 5.24. The summed E-state index contributed by atoms with van der Waals surface area (Å²) in [6.45, 7) is 2.51. The van der Waals surface area contributed by atoms with E-state index in [4.69, 9.17) is 0 Å². The molecular weight excluding hydrogens is 298 g/mol. The number of benzene rings is 1. The van der Waals surface area contributed by atoms with Crippen LogP contribution in [0.15, 0.2) is 42.9 Å². The summed E-state index contributed by atoms with van der Waals surface area (Å²) in [6.07, 6.45) is 11.4. The van der Waals surface area contributed by atoms with Crippen LogP contribution in [0.4, 0.5) is 0 Å². The SMILES string of the molecule is O[C@]1(c2ccccc2)CCN(Cc2cncn2C2CCCCC2)C1. The predicted octanol–water partition coefficient (Wildman–Crippen LogP) is 3.48. The van der Waals surface area contributed by atoms with Crippen LogP contribution >= 0.6 is 0 Å². The van der Waals surface area contributed by atoms with Gasteiger partial charge in [-0.2, -0.15) is 0 Å². The number of likely N-dealkylation sites (tertiary alicyclic amines) is 1. The highest BCUT2D eigenvalue weighted by Gasteiger charge is 2.37. The lowest BCUT2D eigenvalue weighted by molar-refractivity contribution is 0.0449. The Morgan fingerprint density at radius 3 is 2.71 bits per heavy atom. The van der Waals surface area contributed by atoms with Crippen LogP contribution in [0.5, 0.6) is 0 Å². The first kappa shape index (κ1) is 15.9. The maximum absolute atomic E-state index is 11.0. The second kappa shape index (κ2) is 6.69. The van der Waals surface area contributed by atoms with Crippen molar-refractivity contribution in [2.24, 2.45) is 0 Å². The van der Waals surface area contributed by atoms with Crippen molar-refractivity contribution in [1.82, 2.24) is 14.5 Å². The molecule has 0 amide bonds. The molecular formula is C20H27N3O. The Balaban J connectivity index is 1.45. The van der Waals surface area contributed by atoms with E-state index >= 15 is 0 Å². The van der Waals surface area contributed by atoms with E-state index in [1.165, 1.54) is 37.8 Å². The van der Waals surface area contributed by atoms with E-state index in [-0.39, 0.29) is 0 Å². The van der Waals surface area contributed by atoms with Crippen molar-refractivity contribution in [2.75, 3.05) is 13.1 Å². The van der Waals surface area contributed by atoms with Crippen LogP contribution in [-0.2, 0) is 12.1 Å². The van der Waals surface area contributed by atoms with Crippen LogP contribution in [0.2, 0.25) is 0 Å². The molecule has 1 saturated carbocycles. The molecule has 1 aromatic heterocycles. The van der Waals surface area contributed by atoms with Crippen molar-refractivity contribution >= 4 is 0 Å². The number of β-amino-alcohol motifs (C(OH)–C–C–N with tert-alkyl or cyclic N) is 1. The van der Waals surface area contributed by atoms with E-state index in [1.807, 2.05) is 42.9 Å². The van der Waals surface area contributed by atoms with Gasteiger partial charge in [-0.15, -0.1) is 0 Å². The zero-order chi connectivity index (χ0) is 16.4. The summed E-state index contributed by atoms with van der Waals surface area (Å²) in [5.74, 6) is 0. The van der Waals surface area contributed by atoms with Gasteiger partial charge in [0.1, 0.15) is 5.60 Å². The average Bonchev–Trinajstić information content (AvgIpc) is 3.24. The van der Waals surface area contributed by atoms with Crippen LogP contribution in [0, 0.1) is 0 Å². The monoisotopic (exact) mass is 325 g/mol. The van der Waals surface area contributed by atoms with Crippen molar-refractivity contribution in [3.63, 3.8) is 0 Å². The molecule has 1 atom stereocenters. The highest BCUT2D eigenvalue weighted by Crippen LogP contribution is 2.33. The van der Waals surface area contributed by atoms with Crippen LogP contribution in [0.3, 0.4) is 0 Å². The Kier molecular flexibility index (Phi) is 4.42. The van der Waals surface area contributed by atoms with Gasteiger partial charge in [-0.3, -0.25) is 4.90 Å². The van der Waals surface area contributed by atoms with Gasteiger partial charge < -0.3 is 9.67 Å². The number of hydrogen-bond donors (Lipinski definition) is 1. The predicted molar refractivity (Wildman–Crippen MR) is 94.6 cm³/mol. The van der Waals surface area contributed by atoms with Crippen molar-refractivity contribution < 1.29 is 5.11 Å². The van der Waals surface area contributed by atoms with Gasteiger partial charge in [-0.25, -0.2) is 4.98 Å². The second-order valence-electron chi connectivity index (χ2n) is 7.44. The minimum absolute atomic E-state index is 0.617. The fraction of sp³-hybridized carbons (Fsp3) is 0.550. The maximum Gasteiger partial charge on any atom is 0.103 e. The van der Waals surface area contributed by atoms with E-state index in [9.17, 15) is 5.11 Å². The molecule has 2 heterocycles. The number of nitrogens with zero attached hydrogens (tertiary/aromatic N) is 3. The topological polar surface area (TPSA) is 41.3 Å². The average molecular weight is 325 g/mol. The van der Waals surface area contributed by atoms with Crippen molar-refractivity contribution in [1.29, 1.82) is 0 Å². The van der Waals surface area contributed by atoms with Gasteiger partial charge in [0.25, 0.3) is 0 Å². The van der Waals surface area contributed by atoms with Gasteiger partial charge in [0.15, 0.2) is 0 Å². The fourth-order valence-corrected chi connectivity index (χ4v) is 4.36. The Bertz CT molecular complexity index is 663. The van der Waals surface area contributed by atoms with Gasteiger partial charge in [-0.05, 0) is 24.8 Å². The van der Waals surface area contributed by atoms with Crippen LogP contribution in [0.25, 0.3) is 0 Å². The minimum Gasteiger partial charge on any atom is -0.384 e. The van der Waals surface area contributed by atoms with Crippen molar-refractivity contribution in [3.8, 4) is 0 Å². The molecule has 1 saturated heterocycles. The number of aromatic nitrogens is 2. The van der Waals surface area contributed by atoms with E-state index in [2.05, 4.69) is 14.5 Å². The van der Waals surface area contributed by atoms with E-state index < -0.39 is 5.60 Å². The summed E-state index contributed by atoms with van der Waals surface area (Å²) in [7, 11) is 0. The summed E-state index contributed by atoms with van der Waals surface area (Å²) < 4.78 is 2.39. The molecule has 24 heavy (non-hydrogen) atoms. The molecule has 1 aromatic carbocycles.